The summed E-state index contributed by atoms with van der Waals surface area (Å²) in [5.41, 5.74) is 1.39. The third-order valence-corrected chi connectivity index (χ3v) is 3.38. The smallest absolute Gasteiger partial charge is 0.227 e. The zero-order valence-corrected chi connectivity index (χ0v) is 11.7. The number of carbonyl (C=O) groups is 2. The molecule has 5 heteroatoms. The highest BCUT2D eigenvalue weighted by molar-refractivity contribution is 6.34. The van der Waals surface area contributed by atoms with Gasteiger partial charge in [0.25, 0.3) is 0 Å². The van der Waals surface area contributed by atoms with E-state index in [2.05, 4.69) is 5.32 Å². The second kappa shape index (κ2) is 6.06. The third kappa shape index (κ3) is 3.26. The lowest BCUT2D eigenvalue weighted by molar-refractivity contribution is -0.117. The van der Waals surface area contributed by atoms with Crippen molar-refractivity contribution < 1.29 is 9.59 Å². The molecule has 0 unspecified atom stereocenters. The highest BCUT2D eigenvalue weighted by atomic mass is 35.5. The first-order valence-corrected chi connectivity index (χ1v) is 6.89. The van der Waals surface area contributed by atoms with Crippen LogP contribution in [0.25, 0.3) is 0 Å². The van der Waals surface area contributed by atoms with Crippen LogP contribution in [0, 0.1) is 0 Å². The van der Waals surface area contributed by atoms with E-state index in [1.165, 1.54) is 0 Å². The molecule has 1 saturated heterocycles. The number of nitrogens with one attached hydrogen (secondary N) is 1. The van der Waals surface area contributed by atoms with Gasteiger partial charge in [-0.05, 0) is 31.0 Å². The molecule has 0 radical (unpaired) electrons. The van der Waals surface area contributed by atoms with Gasteiger partial charge in [-0.3, -0.25) is 9.59 Å². The molecule has 1 aliphatic heterocycles. The molecule has 1 heterocycles. The largest absolute Gasteiger partial charge is 0.326 e. The summed E-state index contributed by atoms with van der Waals surface area (Å²) in [7, 11) is 0. The van der Waals surface area contributed by atoms with E-state index in [4.69, 9.17) is 11.6 Å². The maximum atomic E-state index is 11.7. The van der Waals surface area contributed by atoms with Crippen molar-refractivity contribution in [2.24, 2.45) is 0 Å². The van der Waals surface area contributed by atoms with Crippen LogP contribution in [0.15, 0.2) is 18.2 Å². The number of nitrogens with zero attached hydrogens (tertiary/aromatic N) is 1. The Labute approximate surface area is 117 Å². The van der Waals surface area contributed by atoms with E-state index in [0.717, 1.165) is 18.5 Å². The van der Waals surface area contributed by atoms with Crippen LogP contribution in [0.5, 0.6) is 0 Å². The lowest BCUT2D eigenvalue weighted by Gasteiger charge is -2.18. The van der Waals surface area contributed by atoms with E-state index >= 15 is 0 Å². The second-order valence-corrected chi connectivity index (χ2v) is 5.02. The van der Waals surface area contributed by atoms with E-state index < -0.39 is 0 Å². The Kier molecular flexibility index (Phi) is 4.43. The maximum Gasteiger partial charge on any atom is 0.227 e. The standard InChI is InChI=1S/C14H17ClN2O2/c1-2-4-13(18)16-10-6-7-12(11(15)9-10)17-8-3-5-14(17)19/h6-7,9H,2-5,8H2,1H3,(H,16,18). The van der Waals surface area contributed by atoms with Crippen LogP contribution in [-0.4, -0.2) is 18.4 Å². The van der Waals surface area contributed by atoms with Crippen LogP contribution in [0.3, 0.4) is 0 Å². The van der Waals surface area contributed by atoms with Crippen molar-refractivity contribution in [1.82, 2.24) is 0 Å². The zero-order chi connectivity index (χ0) is 13.8. The average Bonchev–Trinajstić information content (AvgIpc) is 2.76. The molecule has 1 aromatic rings. The average molecular weight is 281 g/mol. The fourth-order valence-corrected chi connectivity index (χ4v) is 2.44. The van der Waals surface area contributed by atoms with Gasteiger partial charge in [-0.25, -0.2) is 0 Å². The monoisotopic (exact) mass is 280 g/mol. The predicted octanol–water partition coefficient (Wildman–Crippen LogP) is 3.21. The highest BCUT2D eigenvalue weighted by Gasteiger charge is 2.23. The summed E-state index contributed by atoms with van der Waals surface area (Å²) >= 11 is 6.19. The molecule has 0 aliphatic carbocycles. The summed E-state index contributed by atoms with van der Waals surface area (Å²) in [6.07, 6.45) is 2.74. The number of carbonyl (C=O) groups excluding carboxylic acids is 2. The topological polar surface area (TPSA) is 49.4 Å². The van der Waals surface area contributed by atoms with E-state index in [0.29, 0.717) is 30.1 Å². The van der Waals surface area contributed by atoms with Gasteiger partial charge in [-0.1, -0.05) is 18.5 Å². The van der Waals surface area contributed by atoms with Crippen molar-refractivity contribution in [3.8, 4) is 0 Å². The van der Waals surface area contributed by atoms with Crippen LogP contribution >= 0.6 is 11.6 Å². The summed E-state index contributed by atoms with van der Waals surface area (Å²) in [5, 5.41) is 3.28. The molecular weight excluding hydrogens is 264 g/mol. The fourth-order valence-electron chi connectivity index (χ4n) is 2.16. The Morgan fingerprint density at radius 1 is 1.47 bits per heavy atom. The first kappa shape index (κ1) is 13.9. The summed E-state index contributed by atoms with van der Waals surface area (Å²) in [4.78, 5) is 24.9. The van der Waals surface area contributed by atoms with Crippen molar-refractivity contribution >= 4 is 34.8 Å². The minimum Gasteiger partial charge on any atom is -0.326 e. The molecule has 4 nitrogen and oxygen atoms in total. The van der Waals surface area contributed by atoms with Gasteiger partial charge in [0.1, 0.15) is 0 Å². The first-order valence-electron chi connectivity index (χ1n) is 6.51. The normalized spacial score (nSPS) is 14.8. The molecule has 1 aromatic carbocycles. The molecule has 2 amide bonds. The number of benzene rings is 1. The summed E-state index contributed by atoms with van der Waals surface area (Å²) < 4.78 is 0. The number of rotatable bonds is 4. The van der Waals surface area contributed by atoms with Gasteiger partial charge in [-0.15, -0.1) is 0 Å². The predicted molar refractivity (Wildman–Crippen MR) is 76.6 cm³/mol. The SMILES string of the molecule is CCCC(=O)Nc1ccc(N2CCCC2=O)c(Cl)c1. The Morgan fingerprint density at radius 3 is 2.84 bits per heavy atom. The van der Waals surface area contributed by atoms with E-state index in [9.17, 15) is 9.59 Å². The molecule has 102 valence electrons. The third-order valence-electron chi connectivity index (χ3n) is 3.07. The van der Waals surface area contributed by atoms with Gasteiger partial charge in [0.05, 0.1) is 10.7 Å². The number of hydrogen-bond donors (Lipinski definition) is 1. The molecule has 1 fully saturated rings. The van der Waals surface area contributed by atoms with Crippen LogP contribution in [-0.2, 0) is 9.59 Å². The van der Waals surface area contributed by atoms with Crippen molar-refractivity contribution in [3.05, 3.63) is 23.2 Å². The lowest BCUT2D eigenvalue weighted by Crippen LogP contribution is -2.24. The number of halogens is 1. The molecule has 0 spiro atoms. The lowest BCUT2D eigenvalue weighted by atomic mass is 10.2. The van der Waals surface area contributed by atoms with Crippen LogP contribution < -0.4 is 10.2 Å². The first-order chi connectivity index (χ1) is 9.11. The Bertz CT molecular complexity index is 502. The Balaban J connectivity index is 2.13. The number of amides is 2. The van der Waals surface area contributed by atoms with Gasteiger partial charge < -0.3 is 10.2 Å². The fraction of sp³-hybridized carbons (Fsp3) is 0.429. The van der Waals surface area contributed by atoms with E-state index in [-0.39, 0.29) is 11.8 Å². The molecule has 0 atom stereocenters. The van der Waals surface area contributed by atoms with Crippen molar-refractivity contribution in [1.29, 1.82) is 0 Å². The maximum absolute atomic E-state index is 11.7. The van der Waals surface area contributed by atoms with Crippen molar-refractivity contribution in [2.75, 3.05) is 16.8 Å². The van der Waals surface area contributed by atoms with Crippen LogP contribution in [0.2, 0.25) is 5.02 Å². The van der Waals surface area contributed by atoms with Gasteiger partial charge >= 0.3 is 0 Å². The quantitative estimate of drug-likeness (QED) is 0.921. The molecule has 19 heavy (non-hydrogen) atoms. The van der Waals surface area contributed by atoms with E-state index in [1.807, 2.05) is 6.92 Å². The van der Waals surface area contributed by atoms with Crippen LogP contribution in [0.4, 0.5) is 11.4 Å². The molecule has 0 saturated carbocycles. The van der Waals surface area contributed by atoms with E-state index in [1.54, 1.807) is 23.1 Å². The Hall–Kier alpha value is -1.55. The molecule has 0 bridgehead atoms. The summed E-state index contributed by atoms with van der Waals surface area (Å²) in [5.74, 6) is 0.0771. The number of hydrogen-bond acceptors (Lipinski definition) is 2. The number of anilines is 2. The van der Waals surface area contributed by atoms with Crippen LogP contribution in [0.1, 0.15) is 32.6 Å². The minimum absolute atomic E-state index is 0.0245. The molecule has 2 rings (SSSR count). The molecule has 0 aromatic heterocycles. The highest BCUT2D eigenvalue weighted by Crippen LogP contribution is 2.31. The summed E-state index contributed by atoms with van der Waals surface area (Å²) in [6.45, 7) is 2.66. The minimum atomic E-state index is -0.0245. The van der Waals surface area contributed by atoms with Crippen molar-refractivity contribution in [3.63, 3.8) is 0 Å². The van der Waals surface area contributed by atoms with Gasteiger partial charge in [0.2, 0.25) is 11.8 Å². The van der Waals surface area contributed by atoms with Gasteiger partial charge in [-0.2, -0.15) is 0 Å². The second-order valence-electron chi connectivity index (χ2n) is 4.61. The zero-order valence-electron chi connectivity index (χ0n) is 10.9. The van der Waals surface area contributed by atoms with Gasteiger partial charge in [0, 0.05) is 25.1 Å². The summed E-state index contributed by atoms with van der Waals surface area (Å²) in [6, 6.07) is 5.25. The molecule has 1 N–H and O–H groups in total. The Morgan fingerprint density at radius 2 is 2.26 bits per heavy atom. The van der Waals surface area contributed by atoms with Gasteiger partial charge in [0.15, 0.2) is 0 Å². The van der Waals surface area contributed by atoms with Crippen molar-refractivity contribution in [2.45, 2.75) is 32.6 Å². The molecular formula is C14H17ClN2O2. The molecule has 1 aliphatic rings.